The minimum absolute atomic E-state index is 0.0800. The van der Waals surface area contributed by atoms with E-state index in [4.69, 9.17) is 11.6 Å². The highest BCUT2D eigenvalue weighted by molar-refractivity contribution is 7.91. The summed E-state index contributed by atoms with van der Waals surface area (Å²) in [5.74, 6) is -1.30. The van der Waals surface area contributed by atoms with E-state index in [0.29, 0.717) is 0 Å². The van der Waals surface area contributed by atoms with Crippen LogP contribution in [0.5, 0.6) is 0 Å². The van der Waals surface area contributed by atoms with Crippen LogP contribution in [0.3, 0.4) is 0 Å². The summed E-state index contributed by atoms with van der Waals surface area (Å²) in [6.07, 6.45) is 1.10. The summed E-state index contributed by atoms with van der Waals surface area (Å²) >= 11 is 6.31. The maximum atomic E-state index is 12.0. The van der Waals surface area contributed by atoms with Crippen molar-refractivity contribution in [2.75, 3.05) is 13.1 Å². The Bertz CT molecular complexity index is 566. The molecule has 1 saturated heterocycles. The Morgan fingerprint density at radius 2 is 1.94 bits per heavy atom. The Labute approximate surface area is 105 Å². The van der Waals surface area contributed by atoms with E-state index in [1.807, 2.05) is 5.32 Å². The van der Waals surface area contributed by atoms with Crippen LogP contribution >= 0.6 is 22.9 Å². The number of hydrogen-bond acceptors (Lipinski definition) is 6. The fourth-order valence-corrected chi connectivity index (χ4v) is 4.07. The summed E-state index contributed by atoms with van der Waals surface area (Å²) in [7, 11) is -3.88. The molecule has 17 heavy (non-hydrogen) atoms. The van der Waals surface area contributed by atoms with Gasteiger partial charge >= 0.3 is 0 Å². The second-order valence-electron chi connectivity index (χ2n) is 3.18. The summed E-state index contributed by atoms with van der Waals surface area (Å²) in [5.41, 5.74) is 0. The van der Waals surface area contributed by atoms with Gasteiger partial charge in [0.2, 0.25) is 11.8 Å². The Morgan fingerprint density at radius 3 is 2.41 bits per heavy atom. The molecular weight excluding hydrogens is 290 g/mol. The fourth-order valence-electron chi connectivity index (χ4n) is 1.27. The molecule has 1 aromatic heterocycles. The topological polar surface area (TPSA) is 96.4 Å². The van der Waals surface area contributed by atoms with Gasteiger partial charge in [0.25, 0.3) is 10.0 Å². The first-order valence-electron chi connectivity index (χ1n) is 4.34. The number of nitrogens with one attached hydrogen (secondary N) is 1. The Kier molecular flexibility index (Phi) is 3.17. The van der Waals surface area contributed by atoms with E-state index >= 15 is 0 Å². The summed E-state index contributed by atoms with van der Waals surface area (Å²) < 4.78 is 24.8. The lowest BCUT2D eigenvalue weighted by molar-refractivity contribution is -0.134. The first-order chi connectivity index (χ1) is 7.89. The third kappa shape index (κ3) is 2.46. The molecule has 92 valence electrons. The lowest BCUT2D eigenvalue weighted by Crippen LogP contribution is -2.53. The van der Waals surface area contributed by atoms with Crippen molar-refractivity contribution in [3.05, 3.63) is 10.7 Å². The molecule has 1 fully saturated rings. The smallest absolute Gasteiger partial charge is 0.255 e. The minimum atomic E-state index is -3.88. The number of carbonyl (C=O) groups is 2. The zero-order valence-electron chi connectivity index (χ0n) is 8.21. The highest BCUT2D eigenvalue weighted by Crippen LogP contribution is 2.25. The van der Waals surface area contributed by atoms with E-state index in [9.17, 15) is 18.0 Å². The van der Waals surface area contributed by atoms with E-state index in [1.54, 1.807) is 0 Å². The van der Waals surface area contributed by atoms with Gasteiger partial charge in [-0.15, -0.1) is 0 Å². The van der Waals surface area contributed by atoms with Crippen LogP contribution in [-0.2, 0) is 19.6 Å². The Hall–Kier alpha value is -1.03. The largest absolute Gasteiger partial charge is 0.294 e. The van der Waals surface area contributed by atoms with E-state index < -0.39 is 21.8 Å². The molecule has 0 radical (unpaired) electrons. The first-order valence-corrected chi connectivity index (χ1v) is 6.97. The predicted molar refractivity (Wildman–Crippen MR) is 59.0 cm³/mol. The van der Waals surface area contributed by atoms with Crippen LogP contribution in [0.1, 0.15) is 0 Å². The SMILES string of the molecule is O=C1CN(S(=O)(=O)c2cnc(Cl)s2)CC(=O)N1. The molecule has 2 rings (SSSR count). The highest BCUT2D eigenvalue weighted by Gasteiger charge is 2.34. The van der Waals surface area contributed by atoms with Crippen LogP contribution in [-0.4, -0.2) is 42.6 Å². The number of nitrogens with zero attached hydrogens (tertiary/aromatic N) is 2. The number of piperazine rings is 1. The van der Waals surface area contributed by atoms with Gasteiger partial charge in [-0.1, -0.05) is 22.9 Å². The van der Waals surface area contributed by atoms with E-state index in [0.717, 1.165) is 21.8 Å². The van der Waals surface area contributed by atoms with Gasteiger partial charge in [-0.25, -0.2) is 13.4 Å². The minimum Gasteiger partial charge on any atom is -0.294 e. The maximum Gasteiger partial charge on any atom is 0.255 e. The number of imide groups is 1. The molecule has 7 nitrogen and oxygen atoms in total. The summed E-state index contributed by atoms with van der Waals surface area (Å²) in [5, 5.41) is 2.02. The lowest BCUT2D eigenvalue weighted by atomic mass is 10.4. The van der Waals surface area contributed by atoms with Gasteiger partial charge in [-0.2, -0.15) is 4.31 Å². The summed E-state index contributed by atoms with van der Waals surface area (Å²) in [6, 6.07) is 0. The molecule has 0 spiro atoms. The van der Waals surface area contributed by atoms with Crippen LogP contribution in [0.4, 0.5) is 0 Å². The molecule has 0 aromatic carbocycles. The van der Waals surface area contributed by atoms with Crippen molar-refractivity contribution < 1.29 is 18.0 Å². The molecule has 1 aliphatic heterocycles. The number of sulfonamides is 1. The van der Waals surface area contributed by atoms with E-state index in [-0.39, 0.29) is 21.8 Å². The van der Waals surface area contributed by atoms with Crippen LogP contribution in [0, 0.1) is 0 Å². The van der Waals surface area contributed by atoms with Gasteiger partial charge in [0.05, 0.1) is 19.3 Å². The number of thiazole rings is 1. The zero-order valence-corrected chi connectivity index (χ0v) is 10.6. The van der Waals surface area contributed by atoms with Crippen molar-refractivity contribution in [2.24, 2.45) is 0 Å². The molecule has 0 aliphatic carbocycles. The first kappa shape index (κ1) is 12.4. The number of halogens is 1. The molecule has 0 atom stereocenters. The van der Waals surface area contributed by atoms with E-state index in [1.165, 1.54) is 0 Å². The number of carbonyl (C=O) groups excluding carboxylic acids is 2. The molecule has 2 amide bonds. The average Bonchev–Trinajstić information content (AvgIpc) is 2.64. The fraction of sp³-hybridized carbons (Fsp3) is 0.286. The number of rotatable bonds is 2. The number of hydrogen-bond donors (Lipinski definition) is 1. The molecule has 1 aliphatic rings. The van der Waals surface area contributed by atoms with Crippen LogP contribution < -0.4 is 5.32 Å². The van der Waals surface area contributed by atoms with Crippen molar-refractivity contribution in [3.8, 4) is 0 Å². The highest BCUT2D eigenvalue weighted by atomic mass is 35.5. The van der Waals surface area contributed by atoms with Crippen LogP contribution in [0.2, 0.25) is 4.47 Å². The van der Waals surface area contributed by atoms with Gasteiger partial charge in [-0.3, -0.25) is 14.9 Å². The monoisotopic (exact) mass is 295 g/mol. The molecule has 0 bridgehead atoms. The van der Waals surface area contributed by atoms with Crippen molar-refractivity contribution in [3.63, 3.8) is 0 Å². The van der Waals surface area contributed by atoms with Crippen LogP contribution in [0.25, 0.3) is 0 Å². The molecule has 2 heterocycles. The van der Waals surface area contributed by atoms with Gasteiger partial charge in [-0.05, 0) is 0 Å². The quantitative estimate of drug-likeness (QED) is 0.738. The average molecular weight is 296 g/mol. The van der Waals surface area contributed by atoms with Gasteiger partial charge in [0, 0.05) is 0 Å². The molecule has 1 N–H and O–H groups in total. The van der Waals surface area contributed by atoms with Crippen molar-refractivity contribution in [1.82, 2.24) is 14.6 Å². The van der Waals surface area contributed by atoms with Crippen molar-refractivity contribution in [2.45, 2.75) is 4.21 Å². The summed E-state index contributed by atoms with van der Waals surface area (Å²) in [6.45, 7) is -0.771. The Morgan fingerprint density at radius 1 is 1.35 bits per heavy atom. The number of aromatic nitrogens is 1. The normalized spacial score (nSPS) is 18.2. The molecular formula is C7H6ClN3O4S2. The van der Waals surface area contributed by atoms with Gasteiger partial charge in [0.1, 0.15) is 0 Å². The van der Waals surface area contributed by atoms with Crippen molar-refractivity contribution >= 4 is 44.8 Å². The number of amides is 2. The van der Waals surface area contributed by atoms with Gasteiger partial charge < -0.3 is 0 Å². The predicted octanol–water partition coefficient (Wildman–Crippen LogP) is -0.556. The van der Waals surface area contributed by atoms with Crippen molar-refractivity contribution in [1.29, 1.82) is 0 Å². The third-order valence-electron chi connectivity index (χ3n) is 1.97. The molecule has 0 unspecified atom stereocenters. The third-order valence-corrected chi connectivity index (χ3v) is 5.31. The zero-order chi connectivity index (χ0) is 12.6. The van der Waals surface area contributed by atoms with Gasteiger partial charge in [0.15, 0.2) is 8.68 Å². The molecule has 1 aromatic rings. The maximum absolute atomic E-state index is 12.0. The van der Waals surface area contributed by atoms with E-state index in [2.05, 4.69) is 4.98 Å². The summed E-state index contributed by atoms with van der Waals surface area (Å²) in [4.78, 5) is 25.8. The Balaban J connectivity index is 2.33. The van der Waals surface area contributed by atoms with Crippen LogP contribution in [0.15, 0.2) is 10.4 Å². The molecule has 0 saturated carbocycles. The second kappa shape index (κ2) is 4.33. The lowest BCUT2D eigenvalue weighted by Gasteiger charge is -2.23. The standard InChI is InChI=1S/C7H6ClN3O4S2/c8-7-9-1-6(16-7)17(14,15)11-2-4(12)10-5(13)3-11/h1H,2-3H2,(H,10,12,13). The molecule has 10 heteroatoms. The second-order valence-corrected chi connectivity index (χ2v) is 6.95.